The predicted octanol–water partition coefficient (Wildman–Crippen LogP) is 0.993. The van der Waals surface area contributed by atoms with E-state index in [1.54, 1.807) is 6.33 Å². The molecule has 7 heteroatoms. The second-order valence-electron chi connectivity index (χ2n) is 4.49. The first-order valence-corrected chi connectivity index (χ1v) is 6.08. The minimum atomic E-state index is 0.299. The number of fused-ring (bicyclic) bond motifs is 1. The fourth-order valence-electron chi connectivity index (χ4n) is 1.90. The highest BCUT2D eigenvalue weighted by molar-refractivity contribution is 5.73. The van der Waals surface area contributed by atoms with Crippen LogP contribution in [-0.4, -0.2) is 31.1 Å². The van der Waals surface area contributed by atoms with Crippen LogP contribution in [0.3, 0.4) is 0 Å². The highest BCUT2D eigenvalue weighted by Gasteiger charge is 2.05. The van der Waals surface area contributed by atoms with Gasteiger partial charge in [0.15, 0.2) is 0 Å². The van der Waals surface area contributed by atoms with Crippen molar-refractivity contribution < 1.29 is 4.63 Å². The van der Waals surface area contributed by atoms with E-state index in [0.29, 0.717) is 6.04 Å². The van der Waals surface area contributed by atoms with Crippen LogP contribution < -0.4 is 5.32 Å². The fourth-order valence-corrected chi connectivity index (χ4v) is 1.90. The van der Waals surface area contributed by atoms with Crippen LogP contribution in [0, 0.1) is 0 Å². The molecule has 0 unspecified atom stereocenters. The first-order valence-electron chi connectivity index (χ1n) is 6.08. The molecule has 0 saturated carbocycles. The lowest BCUT2D eigenvalue weighted by Gasteiger charge is -2.13. The van der Waals surface area contributed by atoms with Crippen molar-refractivity contribution in [2.24, 2.45) is 0 Å². The second-order valence-corrected chi connectivity index (χ2v) is 4.49. The minimum Gasteiger partial charge on any atom is -0.308 e. The van der Waals surface area contributed by atoms with Crippen molar-refractivity contribution in [2.45, 2.75) is 26.1 Å². The third kappa shape index (κ3) is 2.76. The Balaban J connectivity index is 1.59. The van der Waals surface area contributed by atoms with Crippen LogP contribution in [0.4, 0.5) is 0 Å². The average molecular weight is 258 g/mol. The average Bonchev–Trinajstić information content (AvgIpc) is 3.06. The summed E-state index contributed by atoms with van der Waals surface area (Å²) in [5.74, 6) is 0. The molecular weight excluding hydrogens is 244 g/mol. The van der Waals surface area contributed by atoms with Crippen LogP contribution in [0.25, 0.3) is 11.0 Å². The molecule has 7 nitrogen and oxygen atoms in total. The third-order valence-electron chi connectivity index (χ3n) is 2.90. The van der Waals surface area contributed by atoms with E-state index >= 15 is 0 Å². The molecule has 1 N–H and O–H groups in total. The third-order valence-corrected chi connectivity index (χ3v) is 2.90. The Labute approximate surface area is 109 Å². The van der Waals surface area contributed by atoms with E-state index in [-0.39, 0.29) is 0 Å². The summed E-state index contributed by atoms with van der Waals surface area (Å²) in [6, 6.07) is 6.20. The standard InChI is InChI=1S/C12H14N6O/c1-9(6-18-8-13-7-15-18)14-5-10-2-3-11-12(4-10)17-19-16-11/h2-4,7-9,14H,5-6H2,1H3/t9-/m1/s1. The van der Waals surface area contributed by atoms with Crippen LogP contribution in [0.5, 0.6) is 0 Å². The van der Waals surface area contributed by atoms with E-state index in [0.717, 1.165) is 29.7 Å². The number of rotatable bonds is 5. The lowest BCUT2D eigenvalue weighted by molar-refractivity contribution is 0.315. The topological polar surface area (TPSA) is 81.7 Å². The molecule has 1 aromatic carbocycles. The molecule has 0 saturated heterocycles. The van der Waals surface area contributed by atoms with Crippen LogP contribution in [0.2, 0.25) is 0 Å². The molecule has 1 atom stereocenters. The van der Waals surface area contributed by atoms with E-state index < -0.39 is 0 Å². The number of aromatic nitrogens is 5. The molecule has 3 rings (SSSR count). The van der Waals surface area contributed by atoms with E-state index in [2.05, 4.69) is 37.3 Å². The van der Waals surface area contributed by atoms with Crippen molar-refractivity contribution in [2.75, 3.05) is 0 Å². The Kier molecular flexibility index (Phi) is 3.20. The SMILES string of the molecule is C[C@H](Cn1cncn1)NCc1ccc2nonc2c1. The first kappa shape index (κ1) is 11.8. The van der Waals surface area contributed by atoms with Crippen LogP contribution in [-0.2, 0) is 13.1 Å². The van der Waals surface area contributed by atoms with Gasteiger partial charge in [0.25, 0.3) is 0 Å². The molecule has 0 aliphatic carbocycles. The number of hydrogen-bond donors (Lipinski definition) is 1. The summed E-state index contributed by atoms with van der Waals surface area (Å²) in [7, 11) is 0. The van der Waals surface area contributed by atoms with Crippen LogP contribution >= 0.6 is 0 Å². The maximum atomic E-state index is 4.68. The molecule has 0 radical (unpaired) electrons. The zero-order valence-electron chi connectivity index (χ0n) is 10.5. The highest BCUT2D eigenvalue weighted by atomic mass is 16.6. The molecule has 2 heterocycles. The Hall–Kier alpha value is -2.28. The second kappa shape index (κ2) is 5.15. The normalized spacial score (nSPS) is 12.9. The summed E-state index contributed by atoms with van der Waals surface area (Å²) in [5.41, 5.74) is 2.70. The predicted molar refractivity (Wildman–Crippen MR) is 68.1 cm³/mol. The maximum absolute atomic E-state index is 4.68. The highest BCUT2D eigenvalue weighted by Crippen LogP contribution is 2.11. The summed E-state index contributed by atoms with van der Waals surface area (Å²) in [5, 5.41) is 15.1. The molecule has 3 aromatic rings. The van der Waals surface area contributed by atoms with Gasteiger partial charge < -0.3 is 5.32 Å². The lowest BCUT2D eigenvalue weighted by atomic mass is 10.2. The van der Waals surface area contributed by atoms with Crippen molar-refractivity contribution >= 4 is 11.0 Å². The van der Waals surface area contributed by atoms with Gasteiger partial charge in [-0.05, 0) is 34.9 Å². The summed E-state index contributed by atoms with van der Waals surface area (Å²) in [4.78, 5) is 3.92. The van der Waals surface area contributed by atoms with Gasteiger partial charge in [-0.3, -0.25) is 4.68 Å². The van der Waals surface area contributed by atoms with Gasteiger partial charge in [-0.25, -0.2) is 9.61 Å². The summed E-state index contributed by atoms with van der Waals surface area (Å²) >= 11 is 0. The smallest absolute Gasteiger partial charge is 0.137 e. The quantitative estimate of drug-likeness (QED) is 0.735. The molecule has 0 bridgehead atoms. The molecule has 0 spiro atoms. The van der Waals surface area contributed by atoms with Crippen LogP contribution in [0.15, 0.2) is 35.5 Å². The number of benzene rings is 1. The maximum Gasteiger partial charge on any atom is 0.137 e. The van der Waals surface area contributed by atoms with Crippen molar-refractivity contribution in [3.05, 3.63) is 36.4 Å². The molecule has 98 valence electrons. The molecule has 2 aromatic heterocycles. The van der Waals surface area contributed by atoms with Gasteiger partial charge in [-0.2, -0.15) is 5.10 Å². The number of nitrogens with one attached hydrogen (secondary N) is 1. The first-order chi connectivity index (χ1) is 9.31. The van der Waals surface area contributed by atoms with E-state index in [1.165, 1.54) is 6.33 Å². The van der Waals surface area contributed by atoms with Crippen molar-refractivity contribution in [3.63, 3.8) is 0 Å². The Morgan fingerprint density at radius 1 is 1.32 bits per heavy atom. The van der Waals surface area contributed by atoms with Crippen molar-refractivity contribution in [1.29, 1.82) is 0 Å². The van der Waals surface area contributed by atoms with Crippen molar-refractivity contribution in [3.8, 4) is 0 Å². The summed E-state index contributed by atoms with van der Waals surface area (Å²) < 4.78 is 6.48. The van der Waals surface area contributed by atoms with Crippen LogP contribution in [0.1, 0.15) is 12.5 Å². The molecule has 0 fully saturated rings. The Morgan fingerprint density at radius 3 is 3.05 bits per heavy atom. The number of hydrogen-bond acceptors (Lipinski definition) is 6. The van der Waals surface area contributed by atoms with Gasteiger partial charge in [0.05, 0.1) is 6.54 Å². The molecule has 0 aliphatic rings. The van der Waals surface area contributed by atoms with Gasteiger partial charge in [0, 0.05) is 12.6 Å². The van der Waals surface area contributed by atoms with E-state index in [1.807, 2.05) is 22.9 Å². The van der Waals surface area contributed by atoms with Gasteiger partial charge in [-0.1, -0.05) is 6.07 Å². The van der Waals surface area contributed by atoms with Gasteiger partial charge >= 0.3 is 0 Å². The summed E-state index contributed by atoms with van der Waals surface area (Å²) in [6.07, 6.45) is 3.25. The Bertz CT molecular complexity index is 647. The minimum absolute atomic E-state index is 0.299. The van der Waals surface area contributed by atoms with Gasteiger partial charge in [0.1, 0.15) is 23.7 Å². The lowest BCUT2D eigenvalue weighted by Crippen LogP contribution is -2.30. The molecule has 19 heavy (non-hydrogen) atoms. The van der Waals surface area contributed by atoms with Gasteiger partial charge in [0.2, 0.25) is 0 Å². The largest absolute Gasteiger partial charge is 0.308 e. The van der Waals surface area contributed by atoms with E-state index in [9.17, 15) is 0 Å². The summed E-state index contributed by atoms with van der Waals surface area (Å²) in [6.45, 7) is 3.66. The number of nitrogens with zero attached hydrogens (tertiary/aromatic N) is 5. The monoisotopic (exact) mass is 258 g/mol. The zero-order chi connectivity index (χ0) is 13.1. The van der Waals surface area contributed by atoms with E-state index in [4.69, 9.17) is 0 Å². The Morgan fingerprint density at radius 2 is 2.21 bits per heavy atom. The molecule has 0 amide bonds. The van der Waals surface area contributed by atoms with Gasteiger partial charge in [-0.15, -0.1) is 0 Å². The fraction of sp³-hybridized carbons (Fsp3) is 0.333. The molecule has 0 aliphatic heterocycles. The molecular formula is C12H14N6O. The van der Waals surface area contributed by atoms with Crippen molar-refractivity contribution in [1.82, 2.24) is 30.4 Å². The zero-order valence-corrected chi connectivity index (χ0v) is 10.5.